The lowest BCUT2D eigenvalue weighted by Gasteiger charge is -2.16. The molecular formula is C15H13O5S. The zero-order valence-electron chi connectivity index (χ0n) is 11.2. The van der Waals surface area contributed by atoms with Gasteiger partial charge in [0.25, 0.3) is 5.44 Å². The summed E-state index contributed by atoms with van der Waals surface area (Å²) in [6.45, 7) is 0. The topological polar surface area (TPSA) is 80.3 Å². The Balaban J connectivity index is 2.38. The first-order valence-corrected chi connectivity index (χ1v) is 8.06. The van der Waals surface area contributed by atoms with Gasteiger partial charge < -0.3 is 4.74 Å². The molecule has 0 aromatic heterocycles. The van der Waals surface area contributed by atoms with Gasteiger partial charge in [0.2, 0.25) is 5.78 Å². The molecule has 2 aromatic rings. The lowest BCUT2D eigenvalue weighted by Crippen LogP contribution is -2.35. The molecule has 109 valence electrons. The van der Waals surface area contributed by atoms with E-state index in [0.29, 0.717) is 0 Å². The smallest absolute Gasteiger partial charge is 0.260 e. The summed E-state index contributed by atoms with van der Waals surface area (Å²) in [7, 11) is -3.84. The Bertz CT molecular complexity index is 738. The van der Waals surface area contributed by atoms with E-state index in [1.165, 1.54) is 36.4 Å². The SMILES string of the molecule is CS(=O)(=O)C(Oc1ccccc1)C(=O)c1ccccc1[O]. The second-order valence-electron chi connectivity index (χ2n) is 4.45. The van der Waals surface area contributed by atoms with Crippen molar-refractivity contribution in [1.82, 2.24) is 0 Å². The first-order chi connectivity index (χ1) is 9.89. The largest absolute Gasteiger partial charge is 0.466 e. The Morgan fingerprint density at radius 2 is 1.57 bits per heavy atom. The van der Waals surface area contributed by atoms with Gasteiger partial charge in [-0.15, -0.1) is 0 Å². The molecule has 0 aliphatic rings. The third kappa shape index (κ3) is 3.61. The molecule has 0 amide bonds. The van der Waals surface area contributed by atoms with Crippen LogP contribution in [0.2, 0.25) is 0 Å². The van der Waals surface area contributed by atoms with E-state index in [0.717, 1.165) is 6.26 Å². The molecule has 0 aliphatic carbocycles. The molecule has 0 aliphatic heterocycles. The second kappa shape index (κ2) is 5.97. The molecule has 5 nitrogen and oxygen atoms in total. The zero-order chi connectivity index (χ0) is 15.5. The van der Waals surface area contributed by atoms with Crippen LogP contribution in [0.1, 0.15) is 10.4 Å². The van der Waals surface area contributed by atoms with Crippen molar-refractivity contribution in [3.63, 3.8) is 0 Å². The summed E-state index contributed by atoms with van der Waals surface area (Å²) < 4.78 is 28.9. The summed E-state index contributed by atoms with van der Waals surface area (Å²) >= 11 is 0. The maximum atomic E-state index is 12.3. The predicted octanol–water partition coefficient (Wildman–Crippen LogP) is 2.46. The molecule has 0 saturated heterocycles. The highest BCUT2D eigenvalue weighted by Gasteiger charge is 2.33. The number of ether oxygens (including phenoxy) is 1. The molecule has 0 heterocycles. The minimum atomic E-state index is -3.84. The summed E-state index contributed by atoms with van der Waals surface area (Å²) in [6, 6.07) is 13.6. The van der Waals surface area contributed by atoms with E-state index < -0.39 is 26.8 Å². The Morgan fingerprint density at radius 3 is 2.14 bits per heavy atom. The van der Waals surface area contributed by atoms with Crippen molar-refractivity contribution in [1.29, 1.82) is 0 Å². The number of carbonyl (C=O) groups is 1. The number of para-hydroxylation sites is 2. The van der Waals surface area contributed by atoms with Crippen molar-refractivity contribution in [2.24, 2.45) is 0 Å². The molecular weight excluding hydrogens is 292 g/mol. The maximum absolute atomic E-state index is 12.3. The van der Waals surface area contributed by atoms with Crippen molar-refractivity contribution >= 4 is 15.6 Å². The second-order valence-corrected chi connectivity index (χ2v) is 6.54. The molecule has 1 unspecified atom stereocenters. The van der Waals surface area contributed by atoms with Gasteiger partial charge >= 0.3 is 0 Å². The van der Waals surface area contributed by atoms with Gasteiger partial charge in [0.15, 0.2) is 15.6 Å². The van der Waals surface area contributed by atoms with Crippen molar-refractivity contribution < 1.29 is 23.1 Å². The summed E-state index contributed by atoms with van der Waals surface area (Å²) in [5, 5.41) is 11.7. The predicted molar refractivity (Wildman–Crippen MR) is 76.6 cm³/mol. The molecule has 0 saturated carbocycles. The number of Topliss-reactive ketones (excluding diaryl/α,β-unsaturated/α-hetero) is 1. The van der Waals surface area contributed by atoms with Gasteiger partial charge in [-0.1, -0.05) is 30.3 Å². The Hall–Kier alpha value is -2.34. The van der Waals surface area contributed by atoms with E-state index in [1.54, 1.807) is 18.2 Å². The van der Waals surface area contributed by atoms with Gasteiger partial charge in [0.1, 0.15) is 5.75 Å². The average molecular weight is 305 g/mol. The summed E-state index contributed by atoms with van der Waals surface area (Å²) in [6.07, 6.45) is 0.895. The number of sulfone groups is 1. The molecule has 2 rings (SSSR count). The van der Waals surface area contributed by atoms with Crippen LogP contribution in [0.15, 0.2) is 54.6 Å². The van der Waals surface area contributed by atoms with Crippen LogP contribution in [0.4, 0.5) is 0 Å². The van der Waals surface area contributed by atoms with E-state index in [1.807, 2.05) is 0 Å². The standard InChI is InChI=1S/C15H13O5S/c1-21(18,19)15(20-11-7-3-2-4-8-11)14(17)12-9-5-6-10-13(12)16/h2-10,15H,1H3. The third-order valence-electron chi connectivity index (χ3n) is 2.74. The number of carbonyl (C=O) groups excluding carboxylic acids is 1. The highest BCUT2D eigenvalue weighted by atomic mass is 32.2. The van der Waals surface area contributed by atoms with Crippen molar-refractivity contribution in [2.75, 3.05) is 6.26 Å². The molecule has 0 bridgehead atoms. The van der Waals surface area contributed by atoms with Gasteiger partial charge in [0, 0.05) is 6.26 Å². The van der Waals surface area contributed by atoms with Crippen molar-refractivity contribution in [2.45, 2.75) is 5.44 Å². The fourth-order valence-corrected chi connectivity index (χ4v) is 2.56. The van der Waals surface area contributed by atoms with Gasteiger partial charge in [-0.05, 0) is 24.3 Å². The third-order valence-corrected chi connectivity index (χ3v) is 3.83. The first-order valence-electron chi connectivity index (χ1n) is 6.10. The lowest BCUT2D eigenvalue weighted by molar-refractivity contribution is 0.0879. The van der Waals surface area contributed by atoms with Crippen LogP contribution < -0.4 is 4.74 Å². The van der Waals surface area contributed by atoms with Gasteiger partial charge in [-0.3, -0.25) is 9.90 Å². The van der Waals surface area contributed by atoms with Gasteiger partial charge in [0.05, 0.1) is 5.56 Å². The monoisotopic (exact) mass is 305 g/mol. The van der Waals surface area contributed by atoms with E-state index >= 15 is 0 Å². The Kier molecular flexibility index (Phi) is 4.28. The number of hydrogen-bond donors (Lipinski definition) is 0. The van der Waals surface area contributed by atoms with Gasteiger partial charge in [-0.2, -0.15) is 0 Å². The number of rotatable bonds is 5. The first kappa shape index (κ1) is 15.1. The molecule has 0 N–H and O–H groups in total. The minimum Gasteiger partial charge on any atom is -0.466 e. The fraction of sp³-hybridized carbons (Fsp3) is 0.133. The Labute approximate surface area is 122 Å². The van der Waals surface area contributed by atoms with E-state index in [2.05, 4.69) is 0 Å². The molecule has 0 spiro atoms. The zero-order valence-corrected chi connectivity index (χ0v) is 12.0. The number of benzene rings is 2. The van der Waals surface area contributed by atoms with Crippen LogP contribution in [-0.2, 0) is 14.9 Å². The van der Waals surface area contributed by atoms with Crippen molar-refractivity contribution in [3.05, 3.63) is 60.2 Å². The summed E-state index contributed by atoms with van der Waals surface area (Å²) in [5.41, 5.74) is -1.95. The van der Waals surface area contributed by atoms with Crippen LogP contribution in [0.5, 0.6) is 11.5 Å². The van der Waals surface area contributed by atoms with E-state index in [-0.39, 0.29) is 11.3 Å². The van der Waals surface area contributed by atoms with E-state index in [9.17, 15) is 18.3 Å². The molecule has 21 heavy (non-hydrogen) atoms. The Morgan fingerprint density at radius 1 is 1.00 bits per heavy atom. The van der Waals surface area contributed by atoms with Crippen molar-refractivity contribution in [3.8, 4) is 11.5 Å². The molecule has 0 fully saturated rings. The van der Waals surface area contributed by atoms with Crippen LogP contribution in [0, 0.1) is 0 Å². The quantitative estimate of drug-likeness (QED) is 0.795. The van der Waals surface area contributed by atoms with Crippen LogP contribution in [-0.4, -0.2) is 25.9 Å². The molecule has 6 heteroatoms. The van der Waals surface area contributed by atoms with Crippen LogP contribution >= 0.6 is 0 Å². The lowest BCUT2D eigenvalue weighted by atomic mass is 10.1. The normalized spacial score (nSPS) is 12.6. The molecule has 1 atom stereocenters. The highest BCUT2D eigenvalue weighted by molar-refractivity contribution is 7.91. The molecule has 2 aromatic carbocycles. The summed E-state index contributed by atoms with van der Waals surface area (Å²) in [5.74, 6) is -1.16. The minimum absolute atomic E-state index is 0.205. The summed E-state index contributed by atoms with van der Waals surface area (Å²) in [4.78, 5) is 12.3. The molecule has 1 radical (unpaired) electrons. The number of hydrogen-bond acceptors (Lipinski definition) is 4. The fourth-order valence-electron chi connectivity index (χ4n) is 1.76. The highest BCUT2D eigenvalue weighted by Crippen LogP contribution is 2.22. The van der Waals surface area contributed by atoms with E-state index in [4.69, 9.17) is 4.74 Å². The number of ketones is 1. The van der Waals surface area contributed by atoms with Crippen LogP contribution in [0.25, 0.3) is 0 Å². The van der Waals surface area contributed by atoms with Gasteiger partial charge in [-0.25, -0.2) is 8.42 Å². The average Bonchev–Trinajstić information content (AvgIpc) is 2.44. The van der Waals surface area contributed by atoms with Crippen LogP contribution in [0.3, 0.4) is 0 Å². The maximum Gasteiger partial charge on any atom is 0.260 e.